The number of thiophene rings is 1. The highest BCUT2D eigenvalue weighted by Gasteiger charge is 2.35. The first-order chi connectivity index (χ1) is 13.1. The van der Waals surface area contributed by atoms with Crippen LogP contribution in [0.4, 0.5) is 13.2 Å². The average molecular weight is 415 g/mol. The van der Waals surface area contributed by atoms with Gasteiger partial charge in [0.1, 0.15) is 4.88 Å². The number of nitrogens with zero attached hydrogens (tertiary/aromatic N) is 1. The summed E-state index contributed by atoms with van der Waals surface area (Å²) >= 11 is 0.839. The lowest BCUT2D eigenvalue weighted by atomic mass is 9.92. The second kappa shape index (κ2) is 8.94. The second-order valence-electron chi connectivity index (χ2n) is 6.85. The quantitative estimate of drug-likeness (QED) is 0.446. The van der Waals surface area contributed by atoms with Gasteiger partial charge in [-0.1, -0.05) is 25.5 Å². The average Bonchev–Trinajstić information content (AvgIpc) is 3.02. The van der Waals surface area contributed by atoms with E-state index in [2.05, 4.69) is 0 Å². The molecular weight excluding hydrogens is 391 g/mol. The summed E-state index contributed by atoms with van der Waals surface area (Å²) in [7, 11) is 2.95. The molecule has 28 heavy (non-hydrogen) atoms. The molecule has 4 nitrogen and oxygen atoms in total. The number of alkyl halides is 3. The molecule has 0 aliphatic rings. The van der Waals surface area contributed by atoms with Crippen molar-refractivity contribution >= 4 is 33.3 Å². The predicted molar refractivity (Wildman–Crippen MR) is 104 cm³/mol. The molecule has 1 atom stereocenters. The van der Waals surface area contributed by atoms with E-state index in [0.717, 1.165) is 30.2 Å². The van der Waals surface area contributed by atoms with Gasteiger partial charge in [-0.25, -0.2) is 4.79 Å². The van der Waals surface area contributed by atoms with Crippen molar-refractivity contribution in [1.82, 2.24) is 4.90 Å². The minimum atomic E-state index is -4.49. The molecule has 1 heterocycles. The van der Waals surface area contributed by atoms with Crippen LogP contribution in [0.1, 0.15) is 59.8 Å². The number of ether oxygens (including phenoxy) is 1. The maximum Gasteiger partial charge on any atom is 0.417 e. The second-order valence-corrected chi connectivity index (χ2v) is 7.87. The fraction of sp³-hybridized carbons (Fsp3) is 0.500. The van der Waals surface area contributed by atoms with Crippen LogP contribution in [0.25, 0.3) is 10.1 Å². The normalized spacial score (nSPS) is 12.8. The standard InChI is InChI=1S/C20H24F3NO3S/c1-12(8-5-6-11-24(3)13(2)25)16-14-9-7-10-15(20(21,22)23)17(14)28-18(16)19(26)27-4/h7,9-10,12H,5-6,8,11H2,1-4H3. The molecule has 0 bridgehead atoms. The number of benzene rings is 1. The van der Waals surface area contributed by atoms with Crippen LogP contribution in [0.5, 0.6) is 0 Å². The van der Waals surface area contributed by atoms with Gasteiger partial charge in [-0.3, -0.25) is 4.79 Å². The highest BCUT2D eigenvalue weighted by Crippen LogP contribution is 2.44. The highest BCUT2D eigenvalue weighted by molar-refractivity contribution is 7.21. The van der Waals surface area contributed by atoms with Crippen molar-refractivity contribution in [1.29, 1.82) is 0 Å². The van der Waals surface area contributed by atoms with Crippen LogP contribution in [0.2, 0.25) is 0 Å². The number of rotatable bonds is 7. The van der Waals surface area contributed by atoms with Crippen LogP contribution < -0.4 is 0 Å². The maximum absolute atomic E-state index is 13.4. The number of carbonyl (C=O) groups excluding carboxylic acids is 2. The lowest BCUT2D eigenvalue weighted by Crippen LogP contribution is -2.24. The summed E-state index contributed by atoms with van der Waals surface area (Å²) in [6, 6.07) is 4.03. The first kappa shape index (κ1) is 22.2. The van der Waals surface area contributed by atoms with Crippen LogP contribution in [0.15, 0.2) is 18.2 Å². The van der Waals surface area contributed by atoms with Gasteiger partial charge in [0.05, 0.1) is 12.7 Å². The van der Waals surface area contributed by atoms with E-state index < -0.39 is 17.7 Å². The van der Waals surface area contributed by atoms with Gasteiger partial charge in [-0.05, 0) is 35.8 Å². The van der Waals surface area contributed by atoms with Crippen molar-refractivity contribution in [2.75, 3.05) is 20.7 Å². The van der Waals surface area contributed by atoms with Crippen LogP contribution in [-0.4, -0.2) is 37.5 Å². The van der Waals surface area contributed by atoms with Gasteiger partial charge in [-0.2, -0.15) is 13.2 Å². The molecule has 0 saturated carbocycles. The van der Waals surface area contributed by atoms with Gasteiger partial charge in [0.15, 0.2) is 0 Å². The van der Waals surface area contributed by atoms with Crippen molar-refractivity contribution in [2.45, 2.75) is 45.2 Å². The van der Waals surface area contributed by atoms with Crippen LogP contribution in [-0.2, 0) is 15.7 Å². The Balaban J connectivity index is 2.33. The van der Waals surface area contributed by atoms with Crippen LogP contribution in [0.3, 0.4) is 0 Å². The summed E-state index contributed by atoms with van der Waals surface area (Å²) in [5, 5.41) is 0.452. The molecule has 0 spiro atoms. The third kappa shape index (κ3) is 4.84. The summed E-state index contributed by atoms with van der Waals surface area (Å²) < 4.78 is 45.0. The minimum absolute atomic E-state index is 0.00969. The molecule has 0 radical (unpaired) electrons. The lowest BCUT2D eigenvalue weighted by molar-refractivity contribution is -0.136. The number of carbonyl (C=O) groups is 2. The molecule has 0 fully saturated rings. The smallest absolute Gasteiger partial charge is 0.417 e. The predicted octanol–water partition coefficient (Wildman–Crippen LogP) is 5.46. The summed E-state index contributed by atoms with van der Waals surface area (Å²) in [4.78, 5) is 25.3. The molecule has 0 aliphatic carbocycles. The minimum Gasteiger partial charge on any atom is -0.465 e. The van der Waals surface area contributed by atoms with E-state index >= 15 is 0 Å². The molecule has 2 rings (SSSR count). The number of hydrogen-bond acceptors (Lipinski definition) is 4. The van der Waals surface area contributed by atoms with Crippen LogP contribution in [0, 0.1) is 0 Å². The lowest BCUT2D eigenvalue weighted by Gasteiger charge is -2.16. The topological polar surface area (TPSA) is 46.6 Å². The Morgan fingerprint density at radius 1 is 1.25 bits per heavy atom. The first-order valence-electron chi connectivity index (χ1n) is 9.00. The largest absolute Gasteiger partial charge is 0.465 e. The maximum atomic E-state index is 13.4. The third-order valence-corrected chi connectivity index (χ3v) is 6.08. The molecule has 0 N–H and O–H groups in total. The van der Waals surface area contributed by atoms with Crippen molar-refractivity contribution in [3.05, 3.63) is 34.2 Å². The fourth-order valence-electron chi connectivity index (χ4n) is 3.20. The monoisotopic (exact) mass is 415 g/mol. The van der Waals surface area contributed by atoms with Gasteiger partial charge in [-0.15, -0.1) is 11.3 Å². The Bertz CT molecular complexity index is 860. The molecule has 1 aromatic carbocycles. The zero-order chi connectivity index (χ0) is 21.1. The molecule has 2 aromatic rings. The van der Waals surface area contributed by atoms with E-state index in [9.17, 15) is 22.8 Å². The number of methoxy groups -OCH3 is 1. The molecule has 1 aromatic heterocycles. The van der Waals surface area contributed by atoms with Crippen molar-refractivity contribution in [2.24, 2.45) is 0 Å². The Kier molecular flexibility index (Phi) is 7.09. The van der Waals surface area contributed by atoms with Crippen molar-refractivity contribution in [3.63, 3.8) is 0 Å². The van der Waals surface area contributed by atoms with E-state index in [1.807, 2.05) is 6.92 Å². The Labute approximate surface area is 166 Å². The summed E-state index contributed by atoms with van der Waals surface area (Å²) in [6.45, 7) is 4.03. The van der Waals surface area contributed by atoms with E-state index in [1.165, 1.54) is 20.1 Å². The van der Waals surface area contributed by atoms with Crippen molar-refractivity contribution in [3.8, 4) is 0 Å². The van der Waals surface area contributed by atoms with Crippen molar-refractivity contribution < 1.29 is 27.5 Å². The number of hydrogen-bond donors (Lipinski definition) is 0. The number of unbranched alkanes of at least 4 members (excludes halogenated alkanes) is 1. The Hall–Kier alpha value is -2.09. The highest BCUT2D eigenvalue weighted by atomic mass is 32.1. The zero-order valence-corrected chi connectivity index (χ0v) is 17.2. The molecule has 0 saturated heterocycles. The van der Waals surface area contributed by atoms with E-state index in [0.29, 0.717) is 23.9 Å². The van der Waals surface area contributed by atoms with E-state index in [4.69, 9.17) is 4.74 Å². The van der Waals surface area contributed by atoms with Gasteiger partial charge in [0.25, 0.3) is 0 Å². The van der Waals surface area contributed by atoms with E-state index in [1.54, 1.807) is 18.0 Å². The Morgan fingerprint density at radius 2 is 1.93 bits per heavy atom. The third-order valence-electron chi connectivity index (χ3n) is 4.84. The Morgan fingerprint density at radius 3 is 2.50 bits per heavy atom. The number of halogens is 3. The van der Waals surface area contributed by atoms with Gasteiger partial charge < -0.3 is 9.64 Å². The molecule has 1 amide bonds. The fourth-order valence-corrected chi connectivity index (χ4v) is 4.57. The summed E-state index contributed by atoms with van der Waals surface area (Å²) in [5.74, 6) is -0.744. The molecule has 154 valence electrons. The SMILES string of the molecule is COC(=O)c1sc2c(C(F)(F)F)cccc2c1C(C)CCCCN(C)C(C)=O. The summed E-state index contributed by atoms with van der Waals surface area (Å²) in [5.41, 5.74) is -0.125. The molecular formula is C20H24F3NO3S. The van der Waals surface area contributed by atoms with Gasteiger partial charge in [0, 0.05) is 25.2 Å². The van der Waals surface area contributed by atoms with Gasteiger partial charge in [0.2, 0.25) is 5.91 Å². The zero-order valence-electron chi connectivity index (χ0n) is 16.4. The number of esters is 1. The van der Waals surface area contributed by atoms with Crippen LogP contribution >= 0.6 is 11.3 Å². The number of amides is 1. The van der Waals surface area contributed by atoms with Gasteiger partial charge >= 0.3 is 12.1 Å². The molecule has 0 aliphatic heterocycles. The first-order valence-corrected chi connectivity index (χ1v) is 9.82. The number of fused-ring (bicyclic) bond motifs is 1. The van der Waals surface area contributed by atoms with E-state index in [-0.39, 0.29) is 21.4 Å². The molecule has 8 heteroatoms. The molecule has 1 unspecified atom stereocenters. The summed E-state index contributed by atoms with van der Waals surface area (Å²) in [6.07, 6.45) is -2.23.